The summed E-state index contributed by atoms with van der Waals surface area (Å²) in [6.45, 7) is 8.92. The van der Waals surface area contributed by atoms with Crippen LogP contribution in [-0.2, 0) is 6.54 Å². The summed E-state index contributed by atoms with van der Waals surface area (Å²) in [4.78, 5) is 11.8. The van der Waals surface area contributed by atoms with E-state index in [1.807, 2.05) is 18.3 Å². The number of aromatic nitrogens is 3. The molecule has 2 aromatic heterocycles. The van der Waals surface area contributed by atoms with Crippen molar-refractivity contribution in [1.29, 1.82) is 0 Å². The number of fused-ring (bicyclic) bond motifs is 1. The maximum Gasteiger partial charge on any atom is 0.160 e. The third-order valence-electron chi connectivity index (χ3n) is 4.42. The lowest BCUT2D eigenvalue weighted by Gasteiger charge is -2.39. The average molecular weight is 272 g/mol. The van der Waals surface area contributed by atoms with Crippen LogP contribution in [0.2, 0.25) is 0 Å². The molecule has 4 heteroatoms. The van der Waals surface area contributed by atoms with Crippen LogP contribution in [0.4, 0.5) is 0 Å². The number of hydrogen-bond acceptors (Lipinski definition) is 3. The Morgan fingerprint density at radius 1 is 1.35 bits per heavy atom. The maximum atomic E-state index is 4.63. The molecule has 0 spiro atoms. The van der Waals surface area contributed by atoms with Gasteiger partial charge < -0.3 is 4.57 Å². The highest BCUT2D eigenvalue weighted by Crippen LogP contribution is 2.23. The van der Waals surface area contributed by atoms with Gasteiger partial charge in [-0.15, -0.1) is 0 Å². The van der Waals surface area contributed by atoms with E-state index in [2.05, 4.69) is 40.2 Å². The first-order valence-electron chi connectivity index (χ1n) is 7.70. The van der Waals surface area contributed by atoms with Gasteiger partial charge in [0.15, 0.2) is 5.65 Å². The van der Waals surface area contributed by atoms with Gasteiger partial charge in [0.25, 0.3) is 0 Å². The van der Waals surface area contributed by atoms with Crippen molar-refractivity contribution in [2.24, 2.45) is 0 Å². The summed E-state index contributed by atoms with van der Waals surface area (Å²) < 4.78 is 2.29. The molecule has 0 saturated carbocycles. The molecule has 3 rings (SSSR count). The second kappa shape index (κ2) is 5.52. The zero-order valence-corrected chi connectivity index (χ0v) is 12.7. The van der Waals surface area contributed by atoms with Crippen molar-refractivity contribution >= 4 is 11.2 Å². The Kier molecular flexibility index (Phi) is 3.74. The average Bonchev–Trinajstić information content (AvgIpc) is 2.76. The SMILES string of the molecule is Cc1nc2cccnc2n1CC1CCCCN1C(C)C. The molecule has 0 aliphatic carbocycles. The van der Waals surface area contributed by atoms with Gasteiger partial charge in [0, 0.05) is 24.8 Å². The molecule has 0 N–H and O–H groups in total. The molecule has 1 fully saturated rings. The molecule has 2 aromatic rings. The molecular formula is C16H24N4. The van der Waals surface area contributed by atoms with Crippen LogP contribution in [0.25, 0.3) is 11.2 Å². The number of likely N-dealkylation sites (tertiary alicyclic amines) is 1. The van der Waals surface area contributed by atoms with Crippen molar-refractivity contribution in [3.05, 3.63) is 24.2 Å². The summed E-state index contributed by atoms with van der Waals surface area (Å²) in [5.74, 6) is 1.08. The summed E-state index contributed by atoms with van der Waals surface area (Å²) in [7, 11) is 0. The smallest absolute Gasteiger partial charge is 0.160 e. The number of pyridine rings is 1. The Bertz CT molecular complexity index is 587. The van der Waals surface area contributed by atoms with Gasteiger partial charge >= 0.3 is 0 Å². The molecule has 4 nitrogen and oxygen atoms in total. The van der Waals surface area contributed by atoms with E-state index >= 15 is 0 Å². The Hall–Kier alpha value is -1.42. The lowest BCUT2D eigenvalue weighted by molar-refractivity contribution is 0.0994. The molecule has 3 heterocycles. The van der Waals surface area contributed by atoms with Gasteiger partial charge in [-0.3, -0.25) is 4.90 Å². The lowest BCUT2D eigenvalue weighted by atomic mass is 10.0. The van der Waals surface area contributed by atoms with Crippen LogP contribution in [0.3, 0.4) is 0 Å². The van der Waals surface area contributed by atoms with E-state index in [1.165, 1.54) is 25.8 Å². The highest BCUT2D eigenvalue weighted by Gasteiger charge is 2.25. The van der Waals surface area contributed by atoms with Gasteiger partial charge in [0.05, 0.1) is 0 Å². The van der Waals surface area contributed by atoms with Crippen LogP contribution in [-0.4, -0.2) is 38.1 Å². The molecule has 0 aromatic carbocycles. The Morgan fingerprint density at radius 2 is 2.20 bits per heavy atom. The maximum absolute atomic E-state index is 4.63. The van der Waals surface area contributed by atoms with Crippen LogP contribution in [0, 0.1) is 6.92 Å². The number of imidazole rings is 1. The third kappa shape index (κ3) is 2.44. The van der Waals surface area contributed by atoms with Gasteiger partial charge in [-0.2, -0.15) is 0 Å². The normalized spacial score (nSPS) is 20.9. The van der Waals surface area contributed by atoms with E-state index in [0.717, 1.165) is 23.5 Å². The second-order valence-electron chi connectivity index (χ2n) is 6.10. The van der Waals surface area contributed by atoms with Gasteiger partial charge in [0.1, 0.15) is 11.3 Å². The topological polar surface area (TPSA) is 34.0 Å². The van der Waals surface area contributed by atoms with Gasteiger partial charge in [-0.1, -0.05) is 6.42 Å². The molecular weight excluding hydrogens is 248 g/mol. The highest BCUT2D eigenvalue weighted by molar-refractivity contribution is 5.71. The monoisotopic (exact) mass is 272 g/mol. The zero-order valence-electron chi connectivity index (χ0n) is 12.7. The van der Waals surface area contributed by atoms with Crippen LogP contribution in [0.1, 0.15) is 38.9 Å². The quantitative estimate of drug-likeness (QED) is 0.861. The number of piperidine rings is 1. The molecule has 108 valence electrons. The lowest BCUT2D eigenvalue weighted by Crippen LogP contribution is -2.46. The fourth-order valence-electron chi connectivity index (χ4n) is 3.40. The van der Waals surface area contributed by atoms with E-state index in [4.69, 9.17) is 0 Å². The molecule has 0 bridgehead atoms. The molecule has 1 aliphatic rings. The van der Waals surface area contributed by atoms with Crippen LogP contribution in [0.5, 0.6) is 0 Å². The number of aryl methyl sites for hydroxylation is 1. The predicted octanol–water partition coefficient (Wildman–Crippen LogP) is 3.00. The van der Waals surface area contributed by atoms with Crippen molar-refractivity contribution in [1.82, 2.24) is 19.4 Å². The van der Waals surface area contributed by atoms with E-state index < -0.39 is 0 Å². The van der Waals surface area contributed by atoms with Crippen molar-refractivity contribution < 1.29 is 0 Å². The van der Waals surface area contributed by atoms with Crippen molar-refractivity contribution in [3.63, 3.8) is 0 Å². The Morgan fingerprint density at radius 3 is 3.00 bits per heavy atom. The summed E-state index contributed by atoms with van der Waals surface area (Å²) >= 11 is 0. The Balaban J connectivity index is 1.90. The molecule has 0 amide bonds. The highest BCUT2D eigenvalue weighted by atomic mass is 15.2. The number of hydrogen-bond donors (Lipinski definition) is 0. The molecule has 1 unspecified atom stereocenters. The van der Waals surface area contributed by atoms with Crippen LogP contribution < -0.4 is 0 Å². The molecule has 1 aliphatic heterocycles. The zero-order chi connectivity index (χ0) is 14.1. The summed E-state index contributed by atoms with van der Waals surface area (Å²) in [6.07, 6.45) is 5.81. The van der Waals surface area contributed by atoms with E-state index in [-0.39, 0.29) is 0 Å². The van der Waals surface area contributed by atoms with E-state index in [1.54, 1.807) is 0 Å². The standard InChI is InChI=1S/C16H24N4/c1-12(2)19-10-5-4-7-14(19)11-20-13(3)18-15-8-6-9-17-16(15)20/h6,8-9,12,14H,4-5,7,10-11H2,1-3H3. The molecule has 20 heavy (non-hydrogen) atoms. The van der Waals surface area contributed by atoms with Crippen LogP contribution in [0.15, 0.2) is 18.3 Å². The summed E-state index contributed by atoms with van der Waals surface area (Å²) in [5, 5.41) is 0. The van der Waals surface area contributed by atoms with Crippen LogP contribution >= 0.6 is 0 Å². The van der Waals surface area contributed by atoms with Crippen molar-refractivity contribution in [2.45, 2.75) is 58.7 Å². The van der Waals surface area contributed by atoms with E-state index in [0.29, 0.717) is 12.1 Å². The second-order valence-corrected chi connectivity index (χ2v) is 6.10. The summed E-state index contributed by atoms with van der Waals surface area (Å²) in [5.41, 5.74) is 2.04. The number of nitrogens with zero attached hydrogens (tertiary/aromatic N) is 4. The largest absolute Gasteiger partial charge is 0.311 e. The van der Waals surface area contributed by atoms with E-state index in [9.17, 15) is 0 Å². The fraction of sp³-hybridized carbons (Fsp3) is 0.625. The van der Waals surface area contributed by atoms with Gasteiger partial charge in [0.2, 0.25) is 0 Å². The van der Waals surface area contributed by atoms with Gasteiger partial charge in [-0.25, -0.2) is 9.97 Å². The third-order valence-corrected chi connectivity index (χ3v) is 4.42. The van der Waals surface area contributed by atoms with Crippen molar-refractivity contribution in [3.8, 4) is 0 Å². The first-order chi connectivity index (χ1) is 9.66. The predicted molar refractivity (Wildman–Crippen MR) is 81.7 cm³/mol. The molecule has 0 radical (unpaired) electrons. The molecule has 1 saturated heterocycles. The summed E-state index contributed by atoms with van der Waals surface area (Å²) in [6, 6.07) is 5.23. The minimum Gasteiger partial charge on any atom is -0.311 e. The fourth-order valence-corrected chi connectivity index (χ4v) is 3.40. The minimum atomic E-state index is 0.613. The minimum absolute atomic E-state index is 0.613. The van der Waals surface area contributed by atoms with Gasteiger partial charge in [-0.05, 0) is 52.3 Å². The molecule has 1 atom stereocenters. The number of rotatable bonds is 3. The first kappa shape index (κ1) is 13.6. The Labute approximate surface area is 120 Å². The first-order valence-corrected chi connectivity index (χ1v) is 7.70. The van der Waals surface area contributed by atoms with Crippen molar-refractivity contribution in [2.75, 3.05) is 6.54 Å².